The van der Waals surface area contributed by atoms with Crippen LogP contribution in [0.25, 0.3) is 5.69 Å². The highest BCUT2D eigenvalue weighted by atomic mass is 19.4. The lowest BCUT2D eigenvalue weighted by molar-refractivity contribution is -0.139. The second-order valence-electron chi connectivity index (χ2n) is 7.60. The Balaban J connectivity index is 1.85. The number of likely N-dealkylation sites (tertiary alicyclic amines) is 1. The Morgan fingerprint density at radius 3 is 2.22 bits per heavy atom. The van der Waals surface area contributed by atoms with Gasteiger partial charge in [-0.1, -0.05) is 30.3 Å². The molecule has 2 aromatic carbocycles. The fraction of sp³-hybridized carbons (Fsp3) is 0.208. The second kappa shape index (κ2) is 8.11. The average Bonchev–Trinajstić information content (AvgIpc) is 3.29. The predicted molar refractivity (Wildman–Crippen MR) is 110 cm³/mol. The molecule has 0 bridgehead atoms. The number of aryl methyl sites for hydroxylation is 1. The van der Waals surface area contributed by atoms with Gasteiger partial charge in [0, 0.05) is 35.4 Å². The Kier molecular flexibility index (Phi) is 5.46. The molecule has 32 heavy (non-hydrogen) atoms. The van der Waals surface area contributed by atoms with Crippen LogP contribution >= 0.6 is 0 Å². The van der Waals surface area contributed by atoms with Gasteiger partial charge in [-0.15, -0.1) is 0 Å². The summed E-state index contributed by atoms with van der Waals surface area (Å²) < 4.78 is 41.9. The SMILES string of the molecule is Cc1ccc(CN2C(=O)CCC2=O)n1-c1ccc(C(F)(F)F)cc1C(=O)c1ccccc1. The first-order valence-electron chi connectivity index (χ1n) is 9.98. The van der Waals surface area contributed by atoms with Crippen LogP contribution in [0, 0.1) is 6.92 Å². The molecule has 8 heteroatoms. The molecular formula is C24H19F3N2O3. The molecular weight excluding hydrogens is 421 g/mol. The van der Waals surface area contributed by atoms with Crippen LogP contribution in [0.5, 0.6) is 0 Å². The van der Waals surface area contributed by atoms with Crippen molar-refractivity contribution in [2.24, 2.45) is 0 Å². The quantitative estimate of drug-likeness (QED) is 0.428. The number of amides is 2. The Bertz CT molecular complexity index is 1200. The van der Waals surface area contributed by atoms with E-state index in [9.17, 15) is 27.6 Å². The number of hydrogen-bond acceptors (Lipinski definition) is 3. The first-order chi connectivity index (χ1) is 15.2. The average molecular weight is 440 g/mol. The largest absolute Gasteiger partial charge is 0.416 e. The summed E-state index contributed by atoms with van der Waals surface area (Å²) in [5.74, 6) is -1.15. The van der Waals surface area contributed by atoms with E-state index in [2.05, 4.69) is 0 Å². The van der Waals surface area contributed by atoms with Gasteiger partial charge in [0.15, 0.2) is 5.78 Å². The molecule has 2 amide bonds. The van der Waals surface area contributed by atoms with Gasteiger partial charge in [0.2, 0.25) is 11.8 Å². The van der Waals surface area contributed by atoms with E-state index >= 15 is 0 Å². The van der Waals surface area contributed by atoms with Crippen LogP contribution in [0.1, 0.15) is 45.7 Å². The van der Waals surface area contributed by atoms with Gasteiger partial charge in [0.1, 0.15) is 0 Å². The highest BCUT2D eigenvalue weighted by Gasteiger charge is 2.33. The number of imide groups is 1. The number of alkyl halides is 3. The maximum Gasteiger partial charge on any atom is 0.416 e. The number of carbonyl (C=O) groups excluding carboxylic acids is 3. The summed E-state index contributed by atoms with van der Waals surface area (Å²) in [6, 6.07) is 14.5. The number of halogens is 3. The number of aromatic nitrogens is 1. The van der Waals surface area contributed by atoms with Gasteiger partial charge >= 0.3 is 6.18 Å². The third-order valence-electron chi connectivity index (χ3n) is 5.48. The molecule has 164 valence electrons. The van der Waals surface area contributed by atoms with E-state index in [1.165, 1.54) is 18.2 Å². The lowest BCUT2D eigenvalue weighted by Crippen LogP contribution is -2.29. The summed E-state index contributed by atoms with van der Waals surface area (Å²) in [5.41, 5.74) is 0.629. The van der Waals surface area contributed by atoms with E-state index < -0.39 is 17.5 Å². The van der Waals surface area contributed by atoms with Crippen molar-refractivity contribution < 1.29 is 27.6 Å². The van der Waals surface area contributed by atoms with Crippen molar-refractivity contribution in [3.63, 3.8) is 0 Å². The Hall–Kier alpha value is -3.68. The molecule has 5 nitrogen and oxygen atoms in total. The molecule has 0 unspecified atom stereocenters. The number of carbonyl (C=O) groups is 3. The van der Waals surface area contributed by atoms with Crippen molar-refractivity contribution >= 4 is 17.6 Å². The van der Waals surface area contributed by atoms with Crippen LogP contribution < -0.4 is 0 Å². The highest BCUT2D eigenvalue weighted by Crippen LogP contribution is 2.33. The van der Waals surface area contributed by atoms with Crippen LogP contribution in [0.4, 0.5) is 13.2 Å². The van der Waals surface area contributed by atoms with Crippen molar-refractivity contribution in [3.8, 4) is 5.69 Å². The molecule has 0 saturated carbocycles. The van der Waals surface area contributed by atoms with Crippen molar-refractivity contribution in [2.45, 2.75) is 32.5 Å². The van der Waals surface area contributed by atoms with E-state index in [4.69, 9.17) is 0 Å². The minimum absolute atomic E-state index is 0.0223. The minimum Gasteiger partial charge on any atom is -0.316 e. The molecule has 1 fully saturated rings. The van der Waals surface area contributed by atoms with Crippen molar-refractivity contribution in [1.29, 1.82) is 0 Å². The van der Waals surface area contributed by atoms with Crippen LogP contribution in [0.3, 0.4) is 0 Å². The van der Waals surface area contributed by atoms with Crippen molar-refractivity contribution in [2.75, 3.05) is 0 Å². The minimum atomic E-state index is -4.62. The molecule has 0 radical (unpaired) electrons. The van der Waals surface area contributed by atoms with E-state index in [0.29, 0.717) is 11.4 Å². The molecule has 0 aliphatic carbocycles. The van der Waals surface area contributed by atoms with Crippen LogP contribution in [0.15, 0.2) is 60.7 Å². The van der Waals surface area contributed by atoms with Crippen molar-refractivity contribution in [3.05, 3.63) is 88.7 Å². The molecule has 0 spiro atoms. The van der Waals surface area contributed by atoms with E-state index in [1.807, 2.05) is 0 Å². The monoisotopic (exact) mass is 440 g/mol. The van der Waals surface area contributed by atoms with Crippen molar-refractivity contribution in [1.82, 2.24) is 9.47 Å². The number of nitrogens with zero attached hydrogens (tertiary/aromatic N) is 2. The summed E-state index contributed by atoms with van der Waals surface area (Å²) in [7, 11) is 0. The summed E-state index contributed by atoms with van der Waals surface area (Å²) in [5, 5.41) is 0. The van der Waals surface area contributed by atoms with Gasteiger partial charge in [-0.25, -0.2) is 0 Å². The number of benzene rings is 2. The third-order valence-corrected chi connectivity index (χ3v) is 5.48. The maximum absolute atomic E-state index is 13.4. The number of rotatable bonds is 5. The summed E-state index contributed by atoms with van der Waals surface area (Å²) >= 11 is 0. The van der Waals surface area contributed by atoms with Gasteiger partial charge in [-0.05, 0) is 37.3 Å². The molecule has 4 rings (SSSR count). The molecule has 0 atom stereocenters. The highest BCUT2D eigenvalue weighted by molar-refractivity contribution is 6.11. The Labute approximate surface area is 182 Å². The van der Waals surface area contributed by atoms with Crippen LogP contribution in [0.2, 0.25) is 0 Å². The zero-order valence-electron chi connectivity index (χ0n) is 17.1. The summed E-state index contributed by atoms with van der Waals surface area (Å²) in [6.45, 7) is 1.72. The standard InChI is InChI=1S/C24H19F3N2O3/c1-15-7-9-18(14-28-21(30)11-12-22(28)31)29(15)20-10-8-17(24(25,26)27)13-19(20)23(32)16-5-3-2-4-6-16/h2-10,13H,11-12,14H2,1H3. The Morgan fingerprint density at radius 1 is 0.938 bits per heavy atom. The fourth-order valence-electron chi connectivity index (χ4n) is 3.86. The summed E-state index contributed by atoms with van der Waals surface area (Å²) in [4.78, 5) is 38.5. The van der Waals surface area contributed by atoms with Gasteiger partial charge in [0.05, 0.1) is 17.8 Å². The van der Waals surface area contributed by atoms with Crippen LogP contribution in [-0.2, 0) is 22.3 Å². The lowest BCUT2D eigenvalue weighted by Gasteiger charge is -2.20. The second-order valence-corrected chi connectivity index (χ2v) is 7.60. The van der Waals surface area contributed by atoms with Crippen LogP contribution in [-0.4, -0.2) is 27.1 Å². The molecule has 1 aromatic heterocycles. The fourth-order valence-corrected chi connectivity index (χ4v) is 3.86. The van der Waals surface area contributed by atoms with Gasteiger partial charge < -0.3 is 4.57 Å². The number of ketones is 1. The molecule has 2 heterocycles. The topological polar surface area (TPSA) is 59.4 Å². The lowest BCUT2D eigenvalue weighted by atomic mass is 9.98. The normalized spacial score (nSPS) is 14.3. The van der Waals surface area contributed by atoms with E-state index in [0.717, 1.165) is 17.0 Å². The zero-order chi connectivity index (χ0) is 23.0. The maximum atomic E-state index is 13.4. The van der Waals surface area contributed by atoms with Gasteiger partial charge in [-0.3, -0.25) is 19.3 Å². The first kappa shape index (κ1) is 21.5. The molecule has 1 saturated heterocycles. The third kappa shape index (κ3) is 3.95. The summed E-state index contributed by atoms with van der Waals surface area (Å²) in [6.07, 6.45) is -4.35. The molecule has 1 aliphatic rings. The van der Waals surface area contributed by atoms with Gasteiger partial charge in [-0.2, -0.15) is 13.2 Å². The Morgan fingerprint density at radius 2 is 1.59 bits per heavy atom. The first-order valence-corrected chi connectivity index (χ1v) is 9.98. The molecule has 3 aromatic rings. The smallest absolute Gasteiger partial charge is 0.316 e. The number of hydrogen-bond donors (Lipinski definition) is 0. The zero-order valence-corrected chi connectivity index (χ0v) is 17.1. The van der Waals surface area contributed by atoms with E-state index in [-0.39, 0.29) is 48.0 Å². The van der Waals surface area contributed by atoms with Gasteiger partial charge in [0.25, 0.3) is 0 Å². The predicted octanol–water partition coefficient (Wildman–Crippen LogP) is 4.68. The molecule has 1 aliphatic heterocycles. The molecule has 0 N–H and O–H groups in total. The van der Waals surface area contributed by atoms with E-state index in [1.54, 1.807) is 41.8 Å².